The minimum absolute atomic E-state index is 0.118. The summed E-state index contributed by atoms with van der Waals surface area (Å²) in [6, 6.07) is 2.13. The van der Waals surface area contributed by atoms with Crippen LogP contribution in [0.15, 0.2) is 12.1 Å². The standard InChI is InChI=1S/C13H15F2N3O/c1-7-17-11(6-16-2)13(18-7)8-4-10(15)12(19-3)5-9(8)14/h4-5,16H,6H2,1-3H3,(H,17,18). The third-order valence-corrected chi connectivity index (χ3v) is 2.75. The lowest BCUT2D eigenvalue weighted by atomic mass is 10.1. The van der Waals surface area contributed by atoms with Gasteiger partial charge in [-0.15, -0.1) is 0 Å². The van der Waals surface area contributed by atoms with Gasteiger partial charge < -0.3 is 15.0 Å². The van der Waals surface area contributed by atoms with Gasteiger partial charge in [0.15, 0.2) is 11.6 Å². The van der Waals surface area contributed by atoms with Gasteiger partial charge in [-0.3, -0.25) is 0 Å². The summed E-state index contributed by atoms with van der Waals surface area (Å²) < 4.78 is 32.5. The number of hydrogen-bond donors (Lipinski definition) is 2. The number of nitrogens with one attached hydrogen (secondary N) is 2. The van der Waals surface area contributed by atoms with Gasteiger partial charge in [0.05, 0.1) is 18.5 Å². The van der Waals surface area contributed by atoms with Crippen molar-refractivity contribution in [1.29, 1.82) is 0 Å². The number of hydrogen-bond acceptors (Lipinski definition) is 3. The smallest absolute Gasteiger partial charge is 0.165 e. The van der Waals surface area contributed by atoms with Crippen LogP contribution in [0.1, 0.15) is 11.5 Å². The van der Waals surface area contributed by atoms with Gasteiger partial charge in [0, 0.05) is 18.2 Å². The molecule has 0 spiro atoms. The van der Waals surface area contributed by atoms with Crippen molar-refractivity contribution in [1.82, 2.24) is 15.3 Å². The fraction of sp³-hybridized carbons (Fsp3) is 0.308. The van der Waals surface area contributed by atoms with Gasteiger partial charge in [0.1, 0.15) is 11.6 Å². The first-order valence-electron chi connectivity index (χ1n) is 5.80. The summed E-state index contributed by atoms with van der Waals surface area (Å²) in [6.45, 7) is 2.25. The third kappa shape index (κ3) is 2.58. The predicted octanol–water partition coefficient (Wildman–Crippen LogP) is 2.39. The lowest BCUT2D eigenvalue weighted by Gasteiger charge is -2.07. The zero-order valence-corrected chi connectivity index (χ0v) is 11.0. The van der Waals surface area contributed by atoms with Crippen LogP contribution < -0.4 is 10.1 Å². The van der Waals surface area contributed by atoms with E-state index in [-0.39, 0.29) is 11.3 Å². The number of nitrogens with zero attached hydrogens (tertiary/aromatic N) is 1. The molecule has 0 saturated heterocycles. The average molecular weight is 267 g/mol. The first-order valence-corrected chi connectivity index (χ1v) is 5.80. The number of rotatable bonds is 4. The van der Waals surface area contributed by atoms with Crippen molar-refractivity contribution in [3.63, 3.8) is 0 Å². The lowest BCUT2D eigenvalue weighted by Crippen LogP contribution is -2.07. The fourth-order valence-corrected chi connectivity index (χ4v) is 1.93. The van der Waals surface area contributed by atoms with Crippen molar-refractivity contribution in [2.45, 2.75) is 13.5 Å². The quantitative estimate of drug-likeness (QED) is 0.894. The predicted molar refractivity (Wildman–Crippen MR) is 68.0 cm³/mol. The van der Waals surface area contributed by atoms with E-state index in [2.05, 4.69) is 15.3 Å². The Morgan fingerprint density at radius 2 is 2.05 bits per heavy atom. The molecule has 6 heteroatoms. The number of aryl methyl sites for hydroxylation is 1. The lowest BCUT2D eigenvalue weighted by molar-refractivity contribution is 0.383. The van der Waals surface area contributed by atoms with E-state index in [4.69, 9.17) is 4.74 Å². The summed E-state index contributed by atoms with van der Waals surface area (Å²) in [7, 11) is 3.06. The molecule has 0 atom stereocenters. The van der Waals surface area contributed by atoms with E-state index in [0.29, 0.717) is 23.8 Å². The molecule has 0 amide bonds. The molecule has 0 aliphatic rings. The number of halogens is 2. The molecule has 1 heterocycles. The van der Waals surface area contributed by atoms with E-state index >= 15 is 0 Å². The molecule has 2 aromatic rings. The third-order valence-electron chi connectivity index (χ3n) is 2.75. The first-order chi connectivity index (χ1) is 9.06. The molecule has 1 aromatic heterocycles. The summed E-state index contributed by atoms with van der Waals surface area (Å²) in [4.78, 5) is 7.24. The van der Waals surface area contributed by atoms with Gasteiger partial charge in [-0.05, 0) is 20.0 Å². The van der Waals surface area contributed by atoms with Gasteiger partial charge in [-0.25, -0.2) is 13.8 Å². The zero-order valence-electron chi connectivity index (χ0n) is 11.0. The second-order valence-electron chi connectivity index (χ2n) is 4.15. The number of ether oxygens (including phenoxy) is 1. The maximum Gasteiger partial charge on any atom is 0.165 e. The molecular weight excluding hydrogens is 252 g/mol. The molecule has 0 unspecified atom stereocenters. The van der Waals surface area contributed by atoms with Crippen LogP contribution in [0.2, 0.25) is 0 Å². The van der Waals surface area contributed by atoms with Crippen LogP contribution in [0.3, 0.4) is 0 Å². The normalized spacial score (nSPS) is 10.8. The molecule has 2 N–H and O–H groups in total. The van der Waals surface area contributed by atoms with Crippen LogP contribution in [-0.4, -0.2) is 24.1 Å². The van der Waals surface area contributed by atoms with Gasteiger partial charge in [0.2, 0.25) is 0 Å². The summed E-state index contributed by atoms with van der Waals surface area (Å²) in [5, 5.41) is 2.95. The van der Waals surface area contributed by atoms with E-state index < -0.39 is 11.6 Å². The molecule has 0 aliphatic carbocycles. The van der Waals surface area contributed by atoms with Gasteiger partial charge in [0.25, 0.3) is 0 Å². The van der Waals surface area contributed by atoms with Crippen molar-refractivity contribution in [3.05, 3.63) is 35.3 Å². The Morgan fingerprint density at radius 3 is 2.68 bits per heavy atom. The molecule has 19 heavy (non-hydrogen) atoms. The highest BCUT2D eigenvalue weighted by molar-refractivity contribution is 5.64. The van der Waals surface area contributed by atoms with Crippen molar-refractivity contribution < 1.29 is 13.5 Å². The molecular formula is C13H15F2N3O. The molecule has 4 nitrogen and oxygen atoms in total. The Morgan fingerprint density at radius 1 is 1.32 bits per heavy atom. The number of aromatic amines is 1. The molecule has 0 fully saturated rings. The first kappa shape index (κ1) is 13.5. The Labute approximate surface area is 109 Å². The number of methoxy groups -OCH3 is 1. The average Bonchev–Trinajstić information content (AvgIpc) is 2.73. The maximum absolute atomic E-state index is 14.0. The second kappa shape index (κ2) is 5.36. The zero-order chi connectivity index (χ0) is 14.0. The fourth-order valence-electron chi connectivity index (χ4n) is 1.93. The Balaban J connectivity index is 2.55. The largest absolute Gasteiger partial charge is 0.494 e. The molecule has 0 saturated carbocycles. The Kier molecular flexibility index (Phi) is 3.80. The summed E-state index contributed by atoms with van der Waals surface area (Å²) in [5.41, 5.74) is 1.24. The van der Waals surface area contributed by atoms with Crippen LogP contribution in [0, 0.1) is 18.6 Å². The van der Waals surface area contributed by atoms with Crippen LogP contribution in [-0.2, 0) is 6.54 Å². The topological polar surface area (TPSA) is 49.9 Å². The molecule has 1 aromatic carbocycles. The molecule has 102 valence electrons. The Hall–Kier alpha value is -1.95. The van der Waals surface area contributed by atoms with E-state index in [0.717, 1.165) is 12.1 Å². The molecule has 0 bridgehead atoms. The van der Waals surface area contributed by atoms with Crippen molar-refractivity contribution in [3.8, 4) is 17.0 Å². The molecule has 0 radical (unpaired) electrons. The highest BCUT2D eigenvalue weighted by atomic mass is 19.1. The van der Waals surface area contributed by atoms with Gasteiger partial charge in [-0.1, -0.05) is 0 Å². The van der Waals surface area contributed by atoms with E-state index in [1.807, 2.05) is 0 Å². The molecule has 2 rings (SSSR count). The minimum atomic E-state index is -0.616. The summed E-state index contributed by atoms with van der Waals surface area (Å²) in [5.74, 6) is -0.656. The molecule has 0 aliphatic heterocycles. The van der Waals surface area contributed by atoms with Crippen LogP contribution in [0.4, 0.5) is 8.78 Å². The van der Waals surface area contributed by atoms with E-state index in [1.165, 1.54) is 7.11 Å². The SMILES string of the molecule is CNCc1[nH]c(C)nc1-c1cc(F)c(OC)cc1F. The van der Waals surface area contributed by atoms with Crippen molar-refractivity contribution in [2.75, 3.05) is 14.2 Å². The van der Waals surface area contributed by atoms with Crippen LogP contribution in [0.25, 0.3) is 11.3 Å². The highest BCUT2D eigenvalue weighted by Crippen LogP contribution is 2.29. The Bertz CT molecular complexity index is 596. The monoisotopic (exact) mass is 267 g/mol. The number of aromatic nitrogens is 2. The van der Waals surface area contributed by atoms with Crippen LogP contribution >= 0.6 is 0 Å². The van der Waals surface area contributed by atoms with Crippen LogP contribution in [0.5, 0.6) is 5.75 Å². The second-order valence-corrected chi connectivity index (χ2v) is 4.15. The maximum atomic E-state index is 14.0. The summed E-state index contributed by atoms with van der Waals surface area (Å²) >= 11 is 0. The van der Waals surface area contributed by atoms with Gasteiger partial charge >= 0.3 is 0 Å². The highest BCUT2D eigenvalue weighted by Gasteiger charge is 2.17. The van der Waals surface area contributed by atoms with Crippen molar-refractivity contribution in [2.24, 2.45) is 0 Å². The van der Waals surface area contributed by atoms with Gasteiger partial charge in [-0.2, -0.15) is 0 Å². The summed E-state index contributed by atoms with van der Waals surface area (Å²) in [6.07, 6.45) is 0. The van der Waals surface area contributed by atoms with E-state index in [9.17, 15) is 8.78 Å². The number of benzene rings is 1. The van der Waals surface area contributed by atoms with Crippen molar-refractivity contribution >= 4 is 0 Å². The number of H-pyrrole nitrogens is 1. The van der Waals surface area contributed by atoms with E-state index in [1.54, 1.807) is 14.0 Å². The minimum Gasteiger partial charge on any atom is -0.494 e. The number of imidazole rings is 1.